The molecule has 0 aromatic heterocycles. The molecular formula is C16H30N2O3. The third-order valence-electron chi connectivity index (χ3n) is 4.77. The summed E-state index contributed by atoms with van der Waals surface area (Å²) >= 11 is 0. The molecule has 122 valence electrons. The van der Waals surface area contributed by atoms with Crippen molar-refractivity contribution in [3.63, 3.8) is 0 Å². The molecule has 1 aliphatic carbocycles. The van der Waals surface area contributed by atoms with Crippen molar-refractivity contribution in [1.82, 2.24) is 10.2 Å². The zero-order chi connectivity index (χ0) is 15.5. The highest BCUT2D eigenvalue weighted by molar-refractivity contribution is 5.75. The fourth-order valence-electron chi connectivity index (χ4n) is 3.31. The Labute approximate surface area is 128 Å². The number of aliphatic hydroxyl groups excluding tert-OH is 1. The van der Waals surface area contributed by atoms with Crippen LogP contribution in [0.2, 0.25) is 0 Å². The van der Waals surface area contributed by atoms with Gasteiger partial charge in [-0.05, 0) is 44.4 Å². The van der Waals surface area contributed by atoms with Gasteiger partial charge >= 0.3 is 6.03 Å². The van der Waals surface area contributed by atoms with Gasteiger partial charge in [0, 0.05) is 12.6 Å². The van der Waals surface area contributed by atoms with E-state index in [-0.39, 0.29) is 12.1 Å². The van der Waals surface area contributed by atoms with Gasteiger partial charge in [0.15, 0.2) is 0 Å². The number of hydrogen-bond acceptors (Lipinski definition) is 3. The molecule has 2 atom stereocenters. The molecule has 0 radical (unpaired) electrons. The molecule has 5 heteroatoms. The zero-order valence-corrected chi connectivity index (χ0v) is 13.6. The lowest BCUT2D eigenvalue weighted by atomic mass is 9.75. The maximum absolute atomic E-state index is 12.5. The van der Waals surface area contributed by atoms with Crippen molar-refractivity contribution in [3.8, 4) is 0 Å². The topological polar surface area (TPSA) is 61.8 Å². The number of rotatable bonds is 3. The summed E-state index contributed by atoms with van der Waals surface area (Å²) in [7, 11) is 0. The quantitative estimate of drug-likeness (QED) is 0.839. The fourth-order valence-corrected chi connectivity index (χ4v) is 3.31. The highest BCUT2D eigenvalue weighted by Crippen LogP contribution is 2.35. The van der Waals surface area contributed by atoms with Crippen LogP contribution >= 0.6 is 0 Å². The predicted molar refractivity (Wildman–Crippen MR) is 82.2 cm³/mol. The summed E-state index contributed by atoms with van der Waals surface area (Å²) in [6, 6.07) is 0.285. The first-order chi connectivity index (χ1) is 9.87. The molecule has 2 fully saturated rings. The molecule has 21 heavy (non-hydrogen) atoms. The van der Waals surface area contributed by atoms with E-state index in [0.717, 1.165) is 25.7 Å². The van der Waals surface area contributed by atoms with Crippen LogP contribution in [-0.2, 0) is 4.74 Å². The van der Waals surface area contributed by atoms with Gasteiger partial charge in [-0.3, -0.25) is 0 Å². The molecule has 1 saturated heterocycles. The van der Waals surface area contributed by atoms with E-state index in [9.17, 15) is 9.90 Å². The van der Waals surface area contributed by atoms with Crippen LogP contribution in [0.25, 0.3) is 0 Å². The van der Waals surface area contributed by atoms with Gasteiger partial charge in [-0.1, -0.05) is 13.8 Å². The van der Waals surface area contributed by atoms with Crippen molar-refractivity contribution in [1.29, 1.82) is 0 Å². The molecule has 0 aromatic carbocycles. The second-order valence-corrected chi connectivity index (χ2v) is 7.39. The average Bonchev–Trinajstić information content (AvgIpc) is 2.41. The second-order valence-electron chi connectivity index (χ2n) is 7.39. The van der Waals surface area contributed by atoms with Gasteiger partial charge < -0.3 is 20.1 Å². The van der Waals surface area contributed by atoms with Crippen molar-refractivity contribution >= 4 is 6.03 Å². The monoisotopic (exact) mass is 298 g/mol. The minimum absolute atomic E-state index is 0.00801. The molecule has 2 N–H and O–H groups in total. The van der Waals surface area contributed by atoms with Crippen LogP contribution in [0.4, 0.5) is 4.79 Å². The molecular weight excluding hydrogens is 268 g/mol. The zero-order valence-electron chi connectivity index (χ0n) is 13.6. The molecule has 5 nitrogen and oxygen atoms in total. The Morgan fingerprint density at radius 1 is 1.43 bits per heavy atom. The van der Waals surface area contributed by atoms with E-state index in [2.05, 4.69) is 19.2 Å². The van der Waals surface area contributed by atoms with Crippen LogP contribution in [-0.4, -0.2) is 54.0 Å². The van der Waals surface area contributed by atoms with Gasteiger partial charge in [-0.15, -0.1) is 0 Å². The number of nitrogens with zero attached hydrogens (tertiary/aromatic N) is 1. The van der Waals surface area contributed by atoms with Crippen molar-refractivity contribution < 1.29 is 14.6 Å². The normalized spacial score (nSPS) is 28.2. The smallest absolute Gasteiger partial charge is 0.318 e. The van der Waals surface area contributed by atoms with E-state index in [0.29, 0.717) is 37.6 Å². The number of amides is 2. The molecule has 2 aliphatic rings. The summed E-state index contributed by atoms with van der Waals surface area (Å²) < 4.78 is 5.45. The second kappa shape index (κ2) is 6.97. The largest absolute Gasteiger partial charge is 0.393 e. The summed E-state index contributed by atoms with van der Waals surface area (Å²) in [5.41, 5.74) is 0.412. The van der Waals surface area contributed by atoms with Crippen molar-refractivity contribution in [2.75, 3.05) is 19.8 Å². The van der Waals surface area contributed by atoms with E-state index in [4.69, 9.17) is 4.74 Å². The standard InChI is InChI=1S/C16H30N2O3/c1-12(19)10-14-11-21-9-8-18(14)15(20)17-13-4-6-16(2,3)7-5-13/h12-14,19H,4-11H2,1-3H3,(H,17,20). The summed E-state index contributed by atoms with van der Waals surface area (Å²) in [4.78, 5) is 14.3. The number of carbonyl (C=O) groups is 1. The maximum Gasteiger partial charge on any atom is 0.318 e. The summed E-state index contributed by atoms with van der Waals surface area (Å²) in [5.74, 6) is 0. The van der Waals surface area contributed by atoms with E-state index in [1.54, 1.807) is 6.92 Å². The van der Waals surface area contributed by atoms with Crippen LogP contribution in [0.1, 0.15) is 52.9 Å². The number of aliphatic hydroxyl groups is 1. The lowest BCUT2D eigenvalue weighted by Gasteiger charge is -2.39. The predicted octanol–water partition coefficient (Wildman–Crippen LogP) is 2.14. The highest BCUT2D eigenvalue weighted by Gasteiger charge is 2.32. The lowest BCUT2D eigenvalue weighted by molar-refractivity contribution is -0.00527. The Kier molecular flexibility index (Phi) is 5.49. The Balaban J connectivity index is 1.86. The summed E-state index contributed by atoms with van der Waals surface area (Å²) in [5, 5.41) is 12.7. The minimum atomic E-state index is -0.414. The molecule has 0 bridgehead atoms. The van der Waals surface area contributed by atoms with E-state index in [1.807, 2.05) is 4.90 Å². The van der Waals surface area contributed by atoms with Gasteiger partial charge in [0.1, 0.15) is 0 Å². The third kappa shape index (κ3) is 4.85. The maximum atomic E-state index is 12.5. The van der Waals surface area contributed by atoms with Gasteiger partial charge in [0.2, 0.25) is 0 Å². The third-order valence-corrected chi connectivity index (χ3v) is 4.77. The number of morpholine rings is 1. The Morgan fingerprint density at radius 2 is 2.10 bits per heavy atom. The Bertz CT molecular complexity index is 347. The molecule has 2 amide bonds. The number of urea groups is 1. The summed E-state index contributed by atoms with van der Waals surface area (Å²) in [6.45, 7) is 8.07. The molecule has 1 heterocycles. The summed E-state index contributed by atoms with van der Waals surface area (Å²) in [6.07, 6.45) is 4.61. The van der Waals surface area contributed by atoms with Crippen molar-refractivity contribution in [2.45, 2.75) is 71.1 Å². The lowest BCUT2D eigenvalue weighted by Crippen LogP contribution is -2.55. The first kappa shape index (κ1) is 16.6. The number of nitrogens with one attached hydrogen (secondary N) is 1. The molecule has 1 aliphatic heterocycles. The Hall–Kier alpha value is -0.810. The van der Waals surface area contributed by atoms with Crippen molar-refractivity contribution in [3.05, 3.63) is 0 Å². The van der Waals surface area contributed by atoms with E-state index in [1.165, 1.54) is 0 Å². The first-order valence-corrected chi connectivity index (χ1v) is 8.20. The molecule has 2 unspecified atom stereocenters. The van der Waals surface area contributed by atoms with Crippen LogP contribution in [0.3, 0.4) is 0 Å². The van der Waals surface area contributed by atoms with Crippen LogP contribution < -0.4 is 5.32 Å². The van der Waals surface area contributed by atoms with E-state index >= 15 is 0 Å². The number of ether oxygens (including phenoxy) is 1. The highest BCUT2D eigenvalue weighted by atomic mass is 16.5. The SMILES string of the molecule is CC(O)CC1COCCN1C(=O)NC1CCC(C)(C)CC1. The molecule has 0 aromatic rings. The molecule has 2 rings (SSSR count). The first-order valence-electron chi connectivity index (χ1n) is 8.20. The van der Waals surface area contributed by atoms with Crippen molar-refractivity contribution in [2.24, 2.45) is 5.41 Å². The fraction of sp³-hybridized carbons (Fsp3) is 0.938. The van der Waals surface area contributed by atoms with Crippen LogP contribution in [0, 0.1) is 5.41 Å². The van der Waals surface area contributed by atoms with Gasteiger partial charge in [0.05, 0.1) is 25.4 Å². The van der Waals surface area contributed by atoms with Gasteiger partial charge in [0.25, 0.3) is 0 Å². The average molecular weight is 298 g/mol. The van der Waals surface area contributed by atoms with Gasteiger partial charge in [-0.25, -0.2) is 4.79 Å². The van der Waals surface area contributed by atoms with Crippen LogP contribution in [0.15, 0.2) is 0 Å². The molecule has 0 spiro atoms. The van der Waals surface area contributed by atoms with E-state index < -0.39 is 6.10 Å². The van der Waals surface area contributed by atoms with Crippen LogP contribution in [0.5, 0.6) is 0 Å². The number of hydrogen-bond donors (Lipinski definition) is 2. The molecule has 1 saturated carbocycles. The van der Waals surface area contributed by atoms with Gasteiger partial charge in [-0.2, -0.15) is 0 Å². The minimum Gasteiger partial charge on any atom is -0.393 e. The Morgan fingerprint density at radius 3 is 2.71 bits per heavy atom. The number of carbonyl (C=O) groups excluding carboxylic acids is 1.